The lowest BCUT2D eigenvalue weighted by Crippen LogP contribution is -2.58. The molecule has 4 fully saturated rings. The third kappa shape index (κ3) is 2.96. The first-order chi connectivity index (χ1) is 12.9. The van der Waals surface area contributed by atoms with Crippen molar-refractivity contribution in [2.45, 2.75) is 71.3 Å². The highest BCUT2D eigenvalue weighted by atomic mass is 16.6. The molecule has 0 aromatic rings. The van der Waals surface area contributed by atoms with Crippen LogP contribution in [0.25, 0.3) is 0 Å². The number of ketones is 1. The fraction of sp³-hybridized carbons (Fsp3) is 0.909. The molecule has 0 bridgehead atoms. The first kappa shape index (κ1) is 19.4. The second kappa shape index (κ2) is 7.14. The van der Waals surface area contributed by atoms with Crippen molar-refractivity contribution in [3.63, 3.8) is 0 Å². The van der Waals surface area contributed by atoms with Gasteiger partial charge in [-0.15, -0.1) is 0 Å². The van der Waals surface area contributed by atoms with Gasteiger partial charge < -0.3 is 15.3 Å². The number of hydrogen-bond acceptors (Lipinski definition) is 5. The Balaban J connectivity index is 1.59. The van der Waals surface area contributed by atoms with Crippen LogP contribution in [0.4, 0.5) is 0 Å². The van der Waals surface area contributed by atoms with Crippen molar-refractivity contribution in [1.29, 1.82) is 0 Å². The Morgan fingerprint density at radius 2 is 2.00 bits per heavy atom. The van der Waals surface area contributed by atoms with Crippen LogP contribution in [0.1, 0.15) is 65.2 Å². The number of carbonyl (C=O) groups is 1. The van der Waals surface area contributed by atoms with Crippen molar-refractivity contribution in [3.05, 3.63) is 0 Å². The fourth-order valence-electron chi connectivity index (χ4n) is 7.30. The Morgan fingerprint density at radius 3 is 2.74 bits per heavy atom. The van der Waals surface area contributed by atoms with Crippen molar-refractivity contribution in [3.8, 4) is 0 Å². The molecule has 5 heteroatoms. The third-order valence-electron chi connectivity index (χ3n) is 8.91. The molecule has 5 nitrogen and oxygen atoms in total. The highest BCUT2D eigenvalue weighted by molar-refractivity contribution is 5.87. The summed E-state index contributed by atoms with van der Waals surface area (Å²) in [6, 6.07) is 0. The van der Waals surface area contributed by atoms with Gasteiger partial charge in [0.05, 0.1) is 11.8 Å². The summed E-state index contributed by atoms with van der Waals surface area (Å²) < 4.78 is 6.08. The first-order valence-corrected chi connectivity index (χ1v) is 10.9. The second-order valence-electron chi connectivity index (χ2n) is 9.90. The monoisotopic (exact) mass is 376 g/mol. The first-order valence-electron chi connectivity index (χ1n) is 10.9. The number of nitrogens with two attached hydrogens (primary N) is 1. The van der Waals surface area contributed by atoms with Gasteiger partial charge in [0.1, 0.15) is 12.4 Å². The molecule has 0 radical (unpaired) electrons. The predicted molar refractivity (Wildman–Crippen MR) is 105 cm³/mol. The third-order valence-corrected chi connectivity index (χ3v) is 8.91. The molecule has 4 saturated carbocycles. The standard InChI is InChI=1S/C22H36N2O3/c1-21-8-6-15(24-27-11-10-23)12-14(21)13-18(26-3)20-16-4-5-19(25)22(16,2)9-7-17(20)21/h14,16-18,20H,4-13,23H2,1-3H3/t14?,16-,17-,18+,20-,21-,22-/m0/s1. The summed E-state index contributed by atoms with van der Waals surface area (Å²) >= 11 is 0. The van der Waals surface area contributed by atoms with E-state index in [1.165, 1.54) is 18.6 Å². The molecule has 4 aliphatic rings. The largest absolute Gasteiger partial charge is 0.395 e. The van der Waals surface area contributed by atoms with Crippen LogP contribution >= 0.6 is 0 Å². The Morgan fingerprint density at radius 1 is 1.19 bits per heavy atom. The van der Waals surface area contributed by atoms with Crippen LogP contribution < -0.4 is 5.73 Å². The Bertz CT molecular complexity index is 621. The summed E-state index contributed by atoms with van der Waals surface area (Å²) in [6.07, 6.45) is 8.66. The normalized spacial score (nSPS) is 48.1. The minimum atomic E-state index is -0.0987. The number of carbonyl (C=O) groups excluding carboxylic acids is 1. The maximum Gasteiger partial charge on any atom is 0.139 e. The highest BCUT2D eigenvalue weighted by Gasteiger charge is 2.62. The van der Waals surface area contributed by atoms with E-state index >= 15 is 0 Å². The van der Waals surface area contributed by atoms with Gasteiger partial charge in [0.25, 0.3) is 0 Å². The molecule has 0 heterocycles. The minimum absolute atomic E-state index is 0.0987. The summed E-state index contributed by atoms with van der Waals surface area (Å²) in [6.45, 7) is 5.75. The van der Waals surface area contributed by atoms with Crippen molar-refractivity contribution < 1.29 is 14.4 Å². The lowest BCUT2D eigenvalue weighted by Gasteiger charge is -2.61. The van der Waals surface area contributed by atoms with E-state index in [9.17, 15) is 4.79 Å². The zero-order valence-electron chi connectivity index (χ0n) is 17.2. The van der Waals surface area contributed by atoms with Crippen LogP contribution in [0.15, 0.2) is 5.16 Å². The van der Waals surface area contributed by atoms with Crippen LogP contribution in [-0.2, 0) is 14.4 Å². The molecule has 1 unspecified atom stereocenters. The molecule has 2 N–H and O–H groups in total. The van der Waals surface area contributed by atoms with Gasteiger partial charge in [-0.05, 0) is 74.0 Å². The van der Waals surface area contributed by atoms with Gasteiger partial charge in [-0.1, -0.05) is 19.0 Å². The summed E-state index contributed by atoms with van der Waals surface area (Å²) in [7, 11) is 1.87. The average molecular weight is 377 g/mol. The fourth-order valence-corrected chi connectivity index (χ4v) is 7.30. The van der Waals surface area contributed by atoms with E-state index in [2.05, 4.69) is 19.0 Å². The molecule has 0 saturated heterocycles. The SMILES string of the molecule is CO[C@@H]1CC2CC(=NOCCN)CC[C@]2(C)[C@H]2CC[C@]3(C)C(=O)CC[C@H]3[C@H]12. The van der Waals surface area contributed by atoms with Crippen LogP contribution in [0, 0.1) is 34.5 Å². The molecular formula is C22H36N2O3. The van der Waals surface area contributed by atoms with Crippen LogP contribution in [0.3, 0.4) is 0 Å². The van der Waals surface area contributed by atoms with Crippen molar-refractivity contribution in [2.75, 3.05) is 20.3 Å². The Hall–Kier alpha value is -0.940. The maximum absolute atomic E-state index is 12.7. The van der Waals surface area contributed by atoms with E-state index in [1.54, 1.807) is 0 Å². The van der Waals surface area contributed by atoms with E-state index < -0.39 is 0 Å². The smallest absolute Gasteiger partial charge is 0.139 e. The highest BCUT2D eigenvalue weighted by Crippen LogP contribution is 2.65. The summed E-state index contributed by atoms with van der Waals surface area (Å²) in [4.78, 5) is 18.0. The zero-order valence-corrected chi connectivity index (χ0v) is 17.2. The lowest BCUT2D eigenvalue weighted by molar-refractivity contribution is -0.164. The molecule has 0 aliphatic heterocycles. The topological polar surface area (TPSA) is 73.9 Å². The van der Waals surface area contributed by atoms with Gasteiger partial charge in [-0.3, -0.25) is 4.79 Å². The van der Waals surface area contributed by atoms with Gasteiger partial charge in [0, 0.05) is 25.5 Å². The van der Waals surface area contributed by atoms with Crippen molar-refractivity contribution in [1.82, 2.24) is 0 Å². The van der Waals surface area contributed by atoms with Crippen molar-refractivity contribution in [2.24, 2.45) is 45.4 Å². The molecule has 27 heavy (non-hydrogen) atoms. The lowest BCUT2D eigenvalue weighted by atomic mass is 9.44. The number of nitrogens with zero attached hydrogens (tertiary/aromatic N) is 1. The molecule has 0 aromatic carbocycles. The molecule has 0 spiro atoms. The summed E-state index contributed by atoms with van der Waals surface area (Å²) in [5.74, 6) is 2.81. The van der Waals surface area contributed by atoms with E-state index in [0.29, 0.717) is 48.0 Å². The number of rotatable bonds is 4. The summed E-state index contributed by atoms with van der Waals surface area (Å²) in [5.41, 5.74) is 6.93. The van der Waals surface area contributed by atoms with Crippen LogP contribution in [0.2, 0.25) is 0 Å². The quantitative estimate of drug-likeness (QED) is 0.601. The van der Waals surface area contributed by atoms with E-state index in [4.69, 9.17) is 15.3 Å². The average Bonchev–Trinajstić information content (AvgIpc) is 2.96. The molecule has 0 aromatic heterocycles. The van der Waals surface area contributed by atoms with Gasteiger partial charge >= 0.3 is 0 Å². The molecular weight excluding hydrogens is 340 g/mol. The van der Waals surface area contributed by atoms with Crippen LogP contribution in [0.5, 0.6) is 0 Å². The molecule has 0 amide bonds. The zero-order chi connectivity index (χ0) is 19.2. The number of fused-ring (bicyclic) bond motifs is 5. The molecule has 152 valence electrons. The second-order valence-corrected chi connectivity index (χ2v) is 9.90. The minimum Gasteiger partial charge on any atom is -0.395 e. The number of oxime groups is 1. The van der Waals surface area contributed by atoms with Gasteiger partial charge in [0.2, 0.25) is 0 Å². The molecule has 4 aliphatic carbocycles. The van der Waals surface area contributed by atoms with Gasteiger partial charge in [-0.25, -0.2) is 0 Å². The predicted octanol–water partition coefficient (Wildman–Crippen LogP) is 3.55. The maximum atomic E-state index is 12.7. The number of Topliss-reactive ketones (excluding diaryl/α,β-unsaturated/α-hetero) is 1. The van der Waals surface area contributed by atoms with Gasteiger partial charge in [-0.2, -0.15) is 0 Å². The number of methoxy groups -OCH3 is 1. The Labute approximate surface area is 163 Å². The van der Waals surface area contributed by atoms with E-state index in [1.807, 2.05) is 7.11 Å². The number of ether oxygens (including phenoxy) is 1. The van der Waals surface area contributed by atoms with Crippen molar-refractivity contribution >= 4 is 11.5 Å². The van der Waals surface area contributed by atoms with E-state index in [-0.39, 0.29) is 11.5 Å². The molecule has 4 rings (SSSR count). The van der Waals surface area contributed by atoms with E-state index in [0.717, 1.165) is 38.5 Å². The van der Waals surface area contributed by atoms with Crippen LogP contribution in [-0.4, -0.2) is 37.9 Å². The van der Waals surface area contributed by atoms with Gasteiger partial charge in [0.15, 0.2) is 0 Å². The summed E-state index contributed by atoms with van der Waals surface area (Å²) in [5, 5.41) is 4.38. The Kier molecular flexibility index (Phi) is 5.13. The molecule has 7 atom stereocenters. The number of hydrogen-bond donors (Lipinski definition) is 1.